The minimum atomic E-state index is 1.33. The van der Waals surface area contributed by atoms with E-state index in [1.807, 2.05) is 34.0 Å². The van der Waals surface area contributed by atoms with E-state index in [-0.39, 0.29) is 0 Å². The fourth-order valence-electron chi connectivity index (χ4n) is 8.26. The molecule has 0 N–H and O–H groups in total. The van der Waals surface area contributed by atoms with Crippen LogP contribution in [0.25, 0.3) is 93.9 Å². The smallest absolute Gasteiger partial charge is 0.0434 e. The van der Waals surface area contributed by atoms with Gasteiger partial charge in [-0.1, -0.05) is 109 Å². The van der Waals surface area contributed by atoms with Crippen LogP contribution in [0.2, 0.25) is 0 Å². The molecule has 0 saturated heterocycles. The van der Waals surface area contributed by atoms with Crippen molar-refractivity contribution in [1.29, 1.82) is 0 Å². The van der Waals surface area contributed by atoms with Crippen LogP contribution in [0.4, 0.5) is 0 Å². The molecule has 3 aromatic heterocycles. The molecule has 0 radical (unpaired) electrons. The first-order valence-electron chi connectivity index (χ1n) is 16.4. The molecular formula is C45H30S3. The molecule has 0 unspecified atom stereocenters. The second kappa shape index (κ2) is 10.6. The molecule has 10 rings (SSSR count). The minimum absolute atomic E-state index is 1.33. The molecule has 0 aliphatic heterocycles. The number of hydrogen-bond donors (Lipinski definition) is 0. The summed E-state index contributed by atoms with van der Waals surface area (Å²) in [5.41, 5.74) is 12.1. The highest BCUT2D eigenvalue weighted by molar-refractivity contribution is 7.27. The fraction of sp³-hybridized carbons (Fsp3) is 0.0667. The highest BCUT2D eigenvalue weighted by Gasteiger charge is 2.25. The molecular weight excluding hydrogens is 637 g/mol. The SMILES string of the molecule is Cc1c(-c2cccc3c2sc2ccccc23)c(C)c(-c2cccc3c2sc2ccccc23)c(C)c1-c1cccc2c1sc1ccccc12. The van der Waals surface area contributed by atoms with E-state index in [1.165, 1.54) is 111 Å². The van der Waals surface area contributed by atoms with E-state index in [0.29, 0.717) is 0 Å². The lowest BCUT2D eigenvalue weighted by molar-refractivity contribution is 1.33. The van der Waals surface area contributed by atoms with Gasteiger partial charge in [-0.2, -0.15) is 0 Å². The van der Waals surface area contributed by atoms with Gasteiger partial charge in [0, 0.05) is 77.2 Å². The van der Waals surface area contributed by atoms with Gasteiger partial charge >= 0.3 is 0 Å². The lowest BCUT2D eigenvalue weighted by Gasteiger charge is -2.24. The van der Waals surface area contributed by atoms with E-state index < -0.39 is 0 Å². The largest absolute Gasteiger partial charge is 0.135 e. The number of fused-ring (bicyclic) bond motifs is 9. The minimum Gasteiger partial charge on any atom is -0.135 e. The summed E-state index contributed by atoms with van der Waals surface area (Å²) in [7, 11) is 0. The average molecular weight is 667 g/mol. The predicted octanol–water partition coefficient (Wildman–Crippen LogP) is 14.7. The molecule has 0 bridgehead atoms. The van der Waals surface area contributed by atoms with Crippen molar-refractivity contribution in [3.05, 3.63) is 144 Å². The number of benzene rings is 7. The van der Waals surface area contributed by atoms with Gasteiger partial charge in [-0.05, 0) is 72.4 Å². The number of rotatable bonds is 3. The van der Waals surface area contributed by atoms with Crippen molar-refractivity contribution in [3.8, 4) is 33.4 Å². The zero-order valence-corrected chi connectivity index (χ0v) is 29.3. The maximum Gasteiger partial charge on any atom is 0.0434 e. The summed E-state index contributed by atoms with van der Waals surface area (Å²) in [5.74, 6) is 0. The van der Waals surface area contributed by atoms with Gasteiger partial charge in [0.2, 0.25) is 0 Å². The van der Waals surface area contributed by atoms with Crippen molar-refractivity contribution >= 4 is 94.5 Å². The lowest BCUT2D eigenvalue weighted by Crippen LogP contribution is -2.01. The maximum atomic E-state index is 2.37. The third-order valence-electron chi connectivity index (χ3n) is 10.3. The van der Waals surface area contributed by atoms with Gasteiger partial charge in [-0.15, -0.1) is 34.0 Å². The van der Waals surface area contributed by atoms with Crippen LogP contribution in [0.15, 0.2) is 127 Å². The second-order valence-corrected chi connectivity index (χ2v) is 16.0. The Morgan fingerprint density at radius 3 is 0.875 bits per heavy atom. The van der Waals surface area contributed by atoms with E-state index in [9.17, 15) is 0 Å². The number of thiophene rings is 3. The third-order valence-corrected chi connectivity index (χ3v) is 13.9. The topological polar surface area (TPSA) is 0 Å². The monoisotopic (exact) mass is 666 g/mol. The van der Waals surface area contributed by atoms with Crippen LogP contribution in [0, 0.1) is 20.8 Å². The van der Waals surface area contributed by atoms with Crippen LogP contribution >= 0.6 is 34.0 Å². The zero-order chi connectivity index (χ0) is 32.1. The zero-order valence-electron chi connectivity index (χ0n) is 26.8. The van der Waals surface area contributed by atoms with E-state index >= 15 is 0 Å². The van der Waals surface area contributed by atoms with Gasteiger partial charge in [0.25, 0.3) is 0 Å². The third kappa shape index (κ3) is 3.93. The summed E-state index contributed by atoms with van der Waals surface area (Å²) in [6, 6.07) is 47.3. The average Bonchev–Trinajstić information content (AvgIpc) is 3.81. The van der Waals surface area contributed by atoms with Gasteiger partial charge in [-0.3, -0.25) is 0 Å². The first-order chi connectivity index (χ1) is 23.6. The van der Waals surface area contributed by atoms with Crippen molar-refractivity contribution in [2.24, 2.45) is 0 Å². The van der Waals surface area contributed by atoms with Crippen LogP contribution in [0.5, 0.6) is 0 Å². The Balaban J connectivity index is 1.37. The Labute approximate surface area is 291 Å². The van der Waals surface area contributed by atoms with Crippen LogP contribution in [-0.2, 0) is 0 Å². The molecule has 0 fully saturated rings. The summed E-state index contributed by atoms with van der Waals surface area (Å²) in [4.78, 5) is 0. The van der Waals surface area contributed by atoms with Crippen molar-refractivity contribution in [2.45, 2.75) is 20.8 Å². The Morgan fingerprint density at radius 1 is 0.292 bits per heavy atom. The summed E-state index contributed by atoms with van der Waals surface area (Å²) in [5, 5.41) is 8.04. The Kier molecular flexibility index (Phi) is 6.24. The van der Waals surface area contributed by atoms with E-state index in [1.54, 1.807) is 0 Å². The van der Waals surface area contributed by atoms with Crippen LogP contribution in [-0.4, -0.2) is 0 Å². The molecule has 0 amide bonds. The van der Waals surface area contributed by atoms with Gasteiger partial charge < -0.3 is 0 Å². The summed E-state index contributed by atoms with van der Waals surface area (Å²) in [6.07, 6.45) is 0. The Hall–Kier alpha value is -4.80. The van der Waals surface area contributed by atoms with E-state index in [0.717, 1.165) is 0 Å². The molecule has 0 atom stereocenters. The molecule has 0 saturated carbocycles. The molecule has 3 heteroatoms. The van der Waals surface area contributed by atoms with Gasteiger partial charge in [0.05, 0.1) is 0 Å². The molecule has 0 nitrogen and oxygen atoms in total. The first kappa shape index (κ1) is 28.2. The summed E-state index contributed by atoms with van der Waals surface area (Å²) in [6.45, 7) is 7.10. The van der Waals surface area contributed by atoms with Crippen molar-refractivity contribution in [1.82, 2.24) is 0 Å². The van der Waals surface area contributed by atoms with Crippen molar-refractivity contribution < 1.29 is 0 Å². The van der Waals surface area contributed by atoms with Gasteiger partial charge in [-0.25, -0.2) is 0 Å². The molecule has 3 heterocycles. The van der Waals surface area contributed by atoms with Gasteiger partial charge in [0.1, 0.15) is 0 Å². The fourth-order valence-corrected chi connectivity index (χ4v) is 11.9. The van der Waals surface area contributed by atoms with E-state index in [2.05, 4.69) is 148 Å². The lowest BCUT2D eigenvalue weighted by atomic mass is 9.80. The summed E-state index contributed by atoms with van der Waals surface area (Å²) >= 11 is 5.77. The Morgan fingerprint density at radius 2 is 0.562 bits per heavy atom. The van der Waals surface area contributed by atoms with Crippen LogP contribution < -0.4 is 0 Å². The maximum absolute atomic E-state index is 2.37. The molecule has 228 valence electrons. The van der Waals surface area contributed by atoms with Crippen LogP contribution in [0.1, 0.15) is 16.7 Å². The molecule has 7 aromatic carbocycles. The molecule has 0 aliphatic carbocycles. The predicted molar refractivity (Wildman–Crippen MR) is 216 cm³/mol. The first-order valence-corrected chi connectivity index (χ1v) is 18.9. The molecule has 0 aliphatic rings. The normalized spacial score (nSPS) is 12.1. The molecule has 48 heavy (non-hydrogen) atoms. The molecule has 0 spiro atoms. The molecule has 10 aromatic rings. The second-order valence-electron chi connectivity index (χ2n) is 12.8. The highest BCUT2D eigenvalue weighted by Crippen LogP contribution is 2.51. The standard InChI is InChI=1S/C45H30S3/c1-25-40(34-19-10-16-31-28-13-4-7-22-37(28)46-43(31)34)26(2)42(36-21-12-18-33-30-15-6-9-24-39(30)48-45(33)36)27(3)41(25)35-20-11-17-32-29-14-5-8-23-38(29)47-44(32)35/h4-24H,1-3H3. The van der Waals surface area contributed by atoms with Crippen molar-refractivity contribution in [2.75, 3.05) is 0 Å². The van der Waals surface area contributed by atoms with Crippen molar-refractivity contribution in [3.63, 3.8) is 0 Å². The van der Waals surface area contributed by atoms with E-state index in [4.69, 9.17) is 0 Å². The van der Waals surface area contributed by atoms with Crippen LogP contribution in [0.3, 0.4) is 0 Å². The van der Waals surface area contributed by atoms with Gasteiger partial charge in [0.15, 0.2) is 0 Å². The summed E-state index contributed by atoms with van der Waals surface area (Å²) < 4.78 is 8.12. The Bertz CT molecular complexity index is 2590. The highest BCUT2D eigenvalue weighted by atomic mass is 32.1. The quantitative estimate of drug-likeness (QED) is 0.176. The number of hydrogen-bond acceptors (Lipinski definition) is 3.